The number of rotatable bonds is 4. The van der Waals surface area contributed by atoms with E-state index in [1.54, 1.807) is 11.3 Å². The van der Waals surface area contributed by atoms with Crippen molar-refractivity contribution in [3.63, 3.8) is 0 Å². The van der Waals surface area contributed by atoms with E-state index in [-0.39, 0.29) is 0 Å². The molecule has 3 nitrogen and oxygen atoms in total. The first-order valence-corrected chi connectivity index (χ1v) is 8.88. The van der Waals surface area contributed by atoms with Gasteiger partial charge in [0.25, 0.3) is 0 Å². The number of aryl methyl sites for hydroxylation is 1. The summed E-state index contributed by atoms with van der Waals surface area (Å²) in [5, 5.41) is 4.67. The summed E-state index contributed by atoms with van der Waals surface area (Å²) in [6.07, 6.45) is 3.90. The van der Waals surface area contributed by atoms with E-state index < -0.39 is 0 Å². The van der Waals surface area contributed by atoms with Gasteiger partial charge in [-0.15, -0.1) is 11.3 Å². The second-order valence-corrected chi connectivity index (χ2v) is 7.17. The molecule has 0 bridgehead atoms. The molecular formula is C17H25N3S. The Hall–Kier alpha value is -0.970. The number of hydrogen-bond acceptors (Lipinski definition) is 4. The zero-order chi connectivity index (χ0) is 14.7. The lowest BCUT2D eigenvalue weighted by Crippen LogP contribution is -2.35. The molecule has 0 spiro atoms. The van der Waals surface area contributed by atoms with E-state index in [2.05, 4.69) is 47.2 Å². The Bertz CT molecular complexity index is 585. The van der Waals surface area contributed by atoms with Gasteiger partial charge in [0.1, 0.15) is 0 Å². The summed E-state index contributed by atoms with van der Waals surface area (Å²) in [6.45, 7) is 8.90. The monoisotopic (exact) mass is 303 g/mol. The average Bonchev–Trinajstić information content (AvgIpc) is 2.69. The Morgan fingerprint density at radius 1 is 1.33 bits per heavy atom. The van der Waals surface area contributed by atoms with Crippen molar-refractivity contribution in [3.05, 3.63) is 28.8 Å². The molecule has 4 heteroatoms. The molecule has 2 aromatic rings. The molecule has 2 heterocycles. The molecule has 1 fully saturated rings. The number of benzene rings is 1. The molecule has 0 aliphatic carbocycles. The lowest BCUT2D eigenvalue weighted by molar-refractivity contribution is 0.182. The molecule has 0 saturated carbocycles. The highest BCUT2D eigenvalue weighted by atomic mass is 32.1. The van der Waals surface area contributed by atoms with Crippen LogP contribution in [0.15, 0.2) is 18.2 Å². The van der Waals surface area contributed by atoms with Crippen LogP contribution >= 0.6 is 11.3 Å². The van der Waals surface area contributed by atoms with Gasteiger partial charge in [-0.1, -0.05) is 13.0 Å². The van der Waals surface area contributed by atoms with Crippen LogP contribution in [0.25, 0.3) is 10.2 Å². The van der Waals surface area contributed by atoms with Crippen LogP contribution in [0.5, 0.6) is 0 Å². The topological polar surface area (TPSA) is 28.2 Å². The largest absolute Gasteiger partial charge is 0.317 e. The summed E-state index contributed by atoms with van der Waals surface area (Å²) in [6, 6.07) is 7.48. The maximum Gasteiger partial charge on any atom is 0.0907 e. The highest BCUT2D eigenvalue weighted by molar-refractivity contribution is 7.18. The third-order valence-electron chi connectivity index (χ3n) is 4.41. The second kappa shape index (κ2) is 6.86. The predicted octanol–water partition coefficient (Wildman–Crippen LogP) is 3.57. The van der Waals surface area contributed by atoms with E-state index in [1.807, 2.05) is 0 Å². The van der Waals surface area contributed by atoms with Crippen LogP contribution in [0.2, 0.25) is 0 Å². The van der Waals surface area contributed by atoms with Gasteiger partial charge in [-0.3, -0.25) is 4.90 Å². The quantitative estimate of drug-likeness (QED) is 0.936. The van der Waals surface area contributed by atoms with E-state index >= 15 is 0 Å². The van der Waals surface area contributed by atoms with E-state index in [0.29, 0.717) is 0 Å². The van der Waals surface area contributed by atoms with Crippen molar-refractivity contribution in [1.82, 2.24) is 15.2 Å². The normalized spacial score (nSPS) is 20.0. The Morgan fingerprint density at radius 3 is 3.10 bits per heavy atom. The summed E-state index contributed by atoms with van der Waals surface area (Å²) in [7, 11) is 0. The molecule has 1 aromatic heterocycles. The van der Waals surface area contributed by atoms with Crippen LogP contribution in [0.4, 0.5) is 0 Å². The molecule has 0 amide bonds. The summed E-state index contributed by atoms with van der Waals surface area (Å²) in [5.41, 5.74) is 2.56. The van der Waals surface area contributed by atoms with Crippen LogP contribution in [-0.4, -0.2) is 35.6 Å². The van der Waals surface area contributed by atoms with Crippen LogP contribution in [0.1, 0.15) is 36.8 Å². The molecule has 3 rings (SSSR count). The van der Waals surface area contributed by atoms with Gasteiger partial charge < -0.3 is 5.32 Å². The van der Waals surface area contributed by atoms with Gasteiger partial charge in [-0.05, 0) is 63.5 Å². The maximum absolute atomic E-state index is 4.55. The number of hydrogen-bond donors (Lipinski definition) is 1. The van der Waals surface area contributed by atoms with Crippen molar-refractivity contribution in [2.45, 2.75) is 45.7 Å². The summed E-state index contributed by atoms with van der Waals surface area (Å²) < 4.78 is 1.32. The Balaban J connectivity index is 1.74. The summed E-state index contributed by atoms with van der Waals surface area (Å²) in [4.78, 5) is 7.19. The van der Waals surface area contributed by atoms with Crippen molar-refractivity contribution in [2.24, 2.45) is 0 Å². The van der Waals surface area contributed by atoms with Crippen molar-refractivity contribution in [1.29, 1.82) is 0 Å². The SMILES string of the molecule is CCN(Cc1ccc2nc(C)sc2c1)C1CCCNCC1. The minimum Gasteiger partial charge on any atom is -0.317 e. The molecule has 1 saturated heterocycles. The van der Waals surface area contributed by atoms with Gasteiger partial charge in [0.05, 0.1) is 15.2 Å². The first-order valence-electron chi connectivity index (χ1n) is 8.07. The van der Waals surface area contributed by atoms with Gasteiger partial charge in [-0.2, -0.15) is 0 Å². The van der Waals surface area contributed by atoms with Crippen molar-refractivity contribution < 1.29 is 0 Å². The van der Waals surface area contributed by atoms with Gasteiger partial charge >= 0.3 is 0 Å². The van der Waals surface area contributed by atoms with Crippen LogP contribution in [0.3, 0.4) is 0 Å². The molecule has 114 valence electrons. The fourth-order valence-electron chi connectivity index (χ4n) is 3.28. The molecule has 1 unspecified atom stereocenters. The van der Waals surface area contributed by atoms with Crippen LogP contribution in [-0.2, 0) is 6.54 Å². The van der Waals surface area contributed by atoms with Crippen molar-refractivity contribution in [3.8, 4) is 0 Å². The van der Waals surface area contributed by atoms with Crippen LogP contribution in [0, 0.1) is 6.92 Å². The van der Waals surface area contributed by atoms with E-state index in [1.165, 1.54) is 36.1 Å². The minimum atomic E-state index is 0.726. The first-order chi connectivity index (χ1) is 10.3. The zero-order valence-electron chi connectivity index (χ0n) is 13.1. The van der Waals surface area contributed by atoms with Gasteiger partial charge in [0.2, 0.25) is 0 Å². The van der Waals surface area contributed by atoms with E-state index in [9.17, 15) is 0 Å². The van der Waals surface area contributed by atoms with Gasteiger partial charge in [-0.25, -0.2) is 4.98 Å². The van der Waals surface area contributed by atoms with E-state index in [4.69, 9.17) is 0 Å². The third-order valence-corrected chi connectivity index (χ3v) is 5.35. The molecule has 1 aromatic carbocycles. The van der Waals surface area contributed by atoms with Crippen molar-refractivity contribution in [2.75, 3.05) is 19.6 Å². The number of nitrogens with one attached hydrogen (secondary N) is 1. The predicted molar refractivity (Wildman–Crippen MR) is 90.9 cm³/mol. The van der Waals surface area contributed by atoms with E-state index in [0.717, 1.165) is 36.2 Å². The van der Waals surface area contributed by atoms with Crippen molar-refractivity contribution >= 4 is 21.6 Å². The first kappa shape index (κ1) is 14.9. The molecule has 1 aliphatic heterocycles. The lowest BCUT2D eigenvalue weighted by atomic mass is 10.1. The third kappa shape index (κ3) is 3.62. The number of nitrogens with zero attached hydrogens (tertiary/aromatic N) is 2. The molecule has 1 N–H and O–H groups in total. The molecule has 0 radical (unpaired) electrons. The van der Waals surface area contributed by atoms with Gasteiger partial charge in [0.15, 0.2) is 0 Å². The lowest BCUT2D eigenvalue weighted by Gasteiger charge is -2.29. The number of aromatic nitrogens is 1. The number of thiazole rings is 1. The molecule has 1 aliphatic rings. The smallest absolute Gasteiger partial charge is 0.0907 e. The second-order valence-electron chi connectivity index (χ2n) is 5.93. The highest BCUT2D eigenvalue weighted by Crippen LogP contribution is 2.24. The molecular weight excluding hydrogens is 278 g/mol. The maximum atomic E-state index is 4.55. The number of fused-ring (bicyclic) bond motifs is 1. The van der Waals surface area contributed by atoms with Gasteiger partial charge in [0, 0.05) is 12.6 Å². The highest BCUT2D eigenvalue weighted by Gasteiger charge is 2.19. The standard InChI is InChI=1S/C17H25N3S/c1-3-20(15-5-4-9-18-10-8-15)12-14-6-7-16-17(11-14)21-13(2)19-16/h6-7,11,15,18H,3-5,8-10,12H2,1-2H3. The summed E-state index contributed by atoms with van der Waals surface area (Å²) in [5.74, 6) is 0. The Morgan fingerprint density at radius 2 is 2.24 bits per heavy atom. The van der Waals surface area contributed by atoms with Crippen LogP contribution < -0.4 is 5.32 Å². The fourth-order valence-corrected chi connectivity index (χ4v) is 4.17. The minimum absolute atomic E-state index is 0.726. The molecule has 1 atom stereocenters. The fraction of sp³-hybridized carbons (Fsp3) is 0.588. The Kier molecular flexibility index (Phi) is 4.88. The zero-order valence-corrected chi connectivity index (χ0v) is 13.9. The Labute approximate surface area is 131 Å². The average molecular weight is 303 g/mol. The molecule has 21 heavy (non-hydrogen) atoms. The summed E-state index contributed by atoms with van der Waals surface area (Å²) >= 11 is 1.80.